The molecule has 28 heavy (non-hydrogen) atoms. The van der Waals surface area contributed by atoms with Crippen molar-refractivity contribution < 1.29 is 23.8 Å². The number of carbonyl (C=O) groups is 2. The molecule has 4 rings (SSSR count). The highest BCUT2D eigenvalue weighted by molar-refractivity contribution is 6.06. The lowest BCUT2D eigenvalue weighted by molar-refractivity contribution is -0.136. The van der Waals surface area contributed by atoms with Gasteiger partial charge in [0.05, 0.1) is 25.5 Å². The summed E-state index contributed by atoms with van der Waals surface area (Å²) in [6.07, 6.45) is 0.144. The molecule has 0 spiro atoms. The minimum absolute atomic E-state index is 0.0800. The van der Waals surface area contributed by atoms with Gasteiger partial charge in [0, 0.05) is 23.6 Å². The highest BCUT2D eigenvalue weighted by atomic mass is 16.5. The van der Waals surface area contributed by atoms with E-state index in [9.17, 15) is 9.59 Å². The summed E-state index contributed by atoms with van der Waals surface area (Å²) >= 11 is 0. The number of esters is 1. The lowest BCUT2D eigenvalue weighted by Gasteiger charge is -2.32. The molecule has 6 nitrogen and oxygen atoms in total. The Morgan fingerprint density at radius 3 is 2.61 bits per heavy atom. The fraction of sp³-hybridized carbons (Fsp3) is 0.273. The normalized spacial score (nSPS) is 18.8. The van der Waals surface area contributed by atoms with Gasteiger partial charge in [0.25, 0.3) is 0 Å². The van der Waals surface area contributed by atoms with Crippen LogP contribution in [0.15, 0.2) is 53.7 Å². The summed E-state index contributed by atoms with van der Waals surface area (Å²) in [5, 5.41) is 0. The number of hydrogen-bond acceptors (Lipinski definition) is 5. The van der Waals surface area contributed by atoms with E-state index in [-0.39, 0.29) is 18.9 Å². The summed E-state index contributed by atoms with van der Waals surface area (Å²) in [7, 11) is 3.14. The predicted octanol–water partition coefficient (Wildman–Crippen LogP) is 3.34. The fourth-order valence-corrected chi connectivity index (χ4v) is 3.90. The van der Waals surface area contributed by atoms with E-state index in [4.69, 9.17) is 14.2 Å². The van der Waals surface area contributed by atoms with Crippen molar-refractivity contribution in [2.75, 3.05) is 25.7 Å². The number of rotatable bonds is 4. The molecular weight excluding hydrogens is 358 g/mol. The minimum Gasteiger partial charge on any atom is -0.497 e. The third kappa shape index (κ3) is 2.91. The van der Waals surface area contributed by atoms with E-state index in [0.717, 1.165) is 16.8 Å². The largest absolute Gasteiger partial charge is 0.497 e. The summed E-state index contributed by atoms with van der Waals surface area (Å²) in [5.74, 6) is 0.322. The van der Waals surface area contributed by atoms with E-state index in [1.165, 1.54) is 0 Å². The molecule has 0 unspecified atom stereocenters. The van der Waals surface area contributed by atoms with Crippen molar-refractivity contribution in [1.82, 2.24) is 0 Å². The van der Waals surface area contributed by atoms with Crippen molar-refractivity contribution >= 4 is 17.6 Å². The van der Waals surface area contributed by atoms with Crippen LogP contribution in [0.1, 0.15) is 23.5 Å². The van der Waals surface area contributed by atoms with Gasteiger partial charge >= 0.3 is 5.97 Å². The Bertz CT molecular complexity index is 994. The van der Waals surface area contributed by atoms with Crippen LogP contribution in [0.25, 0.3) is 0 Å². The van der Waals surface area contributed by atoms with Crippen molar-refractivity contribution in [2.24, 2.45) is 0 Å². The Balaban J connectivity index is 1.86. The lowest BCUT2D eigenvalue weighted by atomic mass is 9.83. The Morgan fingerprint density at radius 1 is 1.07 bits per heavy atom. The number of benzene rings is 2. The van der Waals surface area contributed by atoms with Crippen molar-refractivity contribution in [3.8, 4) is 11.5 Å². The fourth-order valence-electron chi connectivity index (χ4n) is 3.90. The molecule has 2 heterocycles. The molecule has 0 saturated carbocycles. The minimum atomic E-state index is -0.441. The molecule has 6 heteroatoms. The summed E-state index contributed by atoms with van der Waals surface area (Å²) in [6, 6.07) is 13.0. The van der Waals surface area contributed by atoms with Crippen molar-refractivity contribution in [1.29, 1.82) is 0 Å². The number of carbonyl (C=O) groups excluding carboxylic acids is 2. The van der Waals surface area contributed by atoms with Crippen LogP contribution in [0, 0.1) is 6.92 Å². The van der Waals surface area contributed by atoms with Crippen LogP contribution in [-0.2, 0) is 14.3 Å². The molecule has 1 amide bonds. The van der Waals surface area contributed by atoms with Gasteiger partial charge in [0.15, 0.2) is 0 Å². The van der Waals surface area contributed by atoms with Crippen LogP contribution < -0.4 is 14.4 Å². The zero-order valence-corrected chi connectivity index (χ0v) is 16.0. The third-order valence-corrected chi connectivity index (χ3v) is 5.19. The maximum atomic E-state index is 13.1. The first-order valence-corrected chi connectivity index (χ1v) is 9.05. The predicted molar refractivity (Wildman–Crippen MR) is 104 cm³/mol. The number of anilines is 1. The van der Waals surface area contributed by atoms with Gasteiger partial charge in [-0.2, -0.15) is 0 Å². The zero-order valence-electron chi connectivity index (χ0n) is 16.0. The number of hydrogen-bond donors (Lipinski definition) is 0. The molecule has 2 aliphatic rings. The third-order valence-electron chi connectivity index (χ3n) is 5.19. The van der Waals surface area contributed by atoms with Crippen molar-refractivity contribution in [2.45, 2.75) is 19.3 Å². The topological polar surface area (TPSA) is 65.1 Å². The number of aryl methyl sites for hydroxylation is 1. The van der Waals surface area contributed by atoms with Crippen molar-refractivity contribution in [3.63, 3.8) is 0 Å². The van der Waals surface area contributed by atoms with Gasteiger partial charge in [-0.25, -0.2) is 4.79 Å². The summed E-state index contributed by atoms with van der Waals surface area (Å²) < 4.78 is 16.2. The van der Waals surface area contributed by atoms with E-state index in [2.05, 4.69) is 0 Å². The first-order valence-electron chi connectivity index (χ1n) is 9.05. The molecule has 0 aliphatic carbocycles. The molecule has 0 N–H and O–H groups in total. The molecule has 1 atom stereocenters. The van der Waals surface area contributed by atoms with E-state index in [0.29, 0.717) is 22.8 Å². The van der Waals surface area contributed by atoms with Crippen molar-refractivity contribution in [3.05, 3.63) is 64.9 Å². The number of ether oxygens (including phenoxy) is 3. The molecule has 0 radical (unpaired) electrons. The molecule has 0 aromatic heterocycles. The van der Waals surface area contributed by atoms with Gasteiger partial charge in [-0.05, 0) is 42.8 Å². The van der Waals surface area contributed by atoms with Crippen LogP contribution in [0.4, 0.5) is 5.69 Å². The quantitative estimate of drug-likeness (QED) is 0.763. The summed E-state index contributed by atoms with van der Waals surface area (Å²) in [6.45, 7) is 2.05. The zero-order chi connectivity index (χ0) is 19.8. The molecule has 144 valence electrons. The highest BCUT2D eigenvalue weighted by Gasteiger charge is 2.43. The second-order valence-corrected chi connectivity index (χ2v) is 6.87. The smallest absolute Gasteiger partial charge is 0.336 e. The van der Waals surface area contributed by atoms with Gasteiger partial charge in [-0.1, -0.05) is 12.1 Å². The van der Waals surface area contributed by atoms with E-state index in [1.54, 1.807) is 31.3 Å². The molecule has 2 aromatic carbocycles. The number of amides is 1. The van der Waals surface area contributed by atoms with Crippen LogP contribution >= 0.6 is 0 Å². The van der Waals surface area contributed by atoms with E-state index < -0.39 is 11.9 Å². The van der Waals surface area contributed by atoms with Gasteiger partial charge < -0.3 is 14.2 Å². The SMILES string of the molecule is COc1ccc(OC)c([C@@H]2CC(=O)N(c3cccc(C)c3)C3=C2C(=O)OC3)c1. The van der Waals surface area contributed by atoms with Crippen LogP contribution in [0.2, 0.25) is 0 Å². The first kappa shape index (κ1) is 18.1. The second kappa shape index (κ2) is 7.03. The standard InChI is InChI=1S/C22H21NO5/c1-13-5-4-6-14(9-13)23-18-12-28-22(25)21(18)17(11-20(23)24)16-10-15(26-2)7-8-19(16)27-3/h4-10,17H,11-12H2,1-3H3/t17-/m0/s1. The van der Waals surface area contributed by atoms with Crippen LogP contribution in [-0.4, -0.2) is 32.7 Å². The Kier molecular flexibility index (Phi) is 4.55. The van der Waals surface area contributed by atoms with Gasteiger partial charge in [0.2, 0.25) is 5.91 Å². The van der Waals surface area contributed by atoms with Crippen LogP contribution in [0.5, 0.6) is 11.5 Å². The maximum absolute atomic E-state index is 13.1. The second-order valence-electron chi connectivity index (χ2n) is 6.87. The maximum Gasteiger partial charge on any atom is 0.336 e. The first-order chi connectivity index (χ1) is 13.5. The van der Waals surface area contributed by atoms with E-state index >= 15 is 0 Å². The molecular formula is C22H21NO5. The molecule has 0 fully saturated rings. The number of nitrogens with zero attached hydrogens (tertiary/aromatic N) is 1. The molecule has 0 saturated heterocycles. The number of methoxy groups -OCH3 is 2. The molecule has 0 bridgehead atoms. The average molecular weight is 379 g/mol. The van der Waals surface area contributed by atoms with Gasteiger partial charge in [-0.15, -0.1) is 0 Å². The monoisotopic (exact) mass is 379 g/mol. The lowest BCUT2D eigenvalue weighted by Crippen LogP contribution is -2.37. The molecule has 2 aromatic rings. The average Bonchev–Trinajstić information content (AvgIpc) is 3.08. The van der Waals surface area contributed by atoms with Gasteiger partial charge in [-0.3, -0.25) is 9.69 Å². The van der Waals surface area contributed by atoms with Crippen LogP contribution in [0.3, 0.4) is 0 Å². The van der Waals surface area contributed by atoms with E-state index in [1.807, 2.05) is 37.3 Å². The highest BCUT2D eigenvalue weighted by Crippen LogP contribution is 2.45. The summed E-state index contributed by atoms with van der Waals surface area (Å²) in [4.78, 5) is 27.4. The Hall–Kier alpha value is -3.28. The van der Waals surface area contributed by atoms with Gasteiger partial charge in [0.1, 0.15) is 18.1 Å². The number of cyclic esters (lactones) is 1. The Labute approximate surface area is 163 Å². The molecule has 2 aliphatic heterocycles. The Morgan fingerprint density at radius 2 is 1.89 bits per heavy atom. The summed E-state index contributed by atoms with van der Waals surface area (Å²) in [5.41, 5.74) is 3.63.